The van der Waals surface area contributed by atoms with Crippen LogP contribution >= 0.6 is 0 Å². The first kappa shape index (κ1) is 18.4. The Morgan fingerprint density at radius 1 is 0.850 bits per heavy atom. The van der Waals surface area contributed by atoms with Crippen molar-refractivity contribution in [2.24, 2.45) is 0 Å². The summed E-state index contributed by atoms with van der Waals surface area (Å²) in [5.41, 5.74) is 0. The molecular formula is C17H26O3. The van der Waals surface area contributed by atoms with E-state index in [4.69, 9.17) is 5.11 Å². The first-order valence-electron chi connectivity index (χ1n) is 7.38. The van der Waals surface area contributed by atoms with E-state index >= 15 is 0 Å². The molecule has 3 nitrogen and oxygen atoms in total. The Morgan fingerprint density at radius 3 is 2.10 bits per heavy atom. The fourth-order valence-electron chi connectivity index (χ4n) is 1.60. The van der Waals surface area contributed by atoms with Crippen molar-refractivity contribution in [1.29, 1.82) is 0 Å². The fraction of sp³-hybridized carbons (Fsp3) is 0.529. The van der Waals surface area contributed by atoms with Crippen LogP contribution in [0.1, 0.15) is 58.3 Å². The highest BCUT2D eigenvalue weighted by Gasteiger charge is 2.04. The number of Topliss-reactive ketones (excluding diaryl/α,β-unsaturated/α-hetero) is 1. The lowest BCUT2D eigenvalue weighted by atomic mass is 10.1. The van der Waals surface area contributed by atoms with Gasteiger partial charge in [-0.1, -0.05) is 49.8 Å². The molecule has 0 saturated carbocycles. The van der Waals surface area contributed by atoms with Gasteiger partial charge in [0.1, 0.15) is 5.78 Å². The summed E-state index contributed by atoms with van der Waals surface area (Å²) in [5, 5.41) is 8.45. The summed E-state index contributed by atoms with van der Waals surface area (Å²) in [4.78, 5) is 21.6. The van der Waals surface area contributed by atoms with E-state index in [1.54, 1.807) is 0 Å². The van der Waals surface area contributed by atoms with Crippen LogP contribution < -0.4 is 0 Å². The van der Waals surface area contributed by atoms with Crippen LogP contribution in [0.2, 0.25) is 0 Å². The summed E-state index contributed by atoms with van der Waals surface area (Å²) < 4.78 is 0. The van der Waals surface area contributed by atoms with Crippen molar-refractivity contribution in [3.63, 3.8) is 0 Å². The van der Waals surface area contributed by atoms with E-state index in [0.717, 1.165) is 25.7 Å². The zero-order valence-corrected chi connectivity index (χ0v) is 12.4. The Bertz CT molecular complexity index is 351. The van der Waals surface area contributed by atoms with Gasteiger partial charge in [-0.25, -0.2) is 0 Å². The maximum absolute atomic E-state index is 11.3. The highest BCUT2D eigenvalue weighted by atomic mass is 16.4. The second-order valence-electron chi connectivity index (χ2n) is 4.71. The number of carboxylic acids is 1. The number of unbranched alkanes of at least 4 members (excludes halogenated alkanes) is 3. The number of ketones is 1. The van der Waals surface area contributed by atoms with Gasteiger partial charge in [0, 0.05) is 12.8 Å². The largest absolute Gasteiger partial charge is 0.481 e. The van der Waals surface area contributed by atoms with E-state index in [-0.39, 0.29) is 18.6 Å². The van der Waals surface area contributed by atoms with Crippen molar-refractivity contribution < 1.29 is 14.7 Å². The highest BCUT2D eigenvalue weighted by Crippen LogP contribution is 2.05. The monoisotopic (exact) mass is 278 g/mol. The fourth-order valence-corrected chi connectivity index (χ4v) is 1.60. The third-order valence-electron chi connectivity index (χ3n) is 2.75. The number of allylic oxidation sites excluding steroid dienone is 6. The van der Waals surface area contributed by atoms with Crippen molar-refractivity contribution in [1.82, 2.24) is 0 Å². The van der Waals surface area contributed by atoms with Crippen LogP contribution in [0, 0.1) is 0 Å². The first-order valence-corrected chi connectivity index (χ1v) is 7.38. The lowest BCUT2D eigenvalue weighted by molar-refractivity contribution is -0.138. The summed E-state index contributed by atoms with van der Waals surface area (Å²) in [5.74, 6) is -0.849. The molecule has 0 atom stereocenters. The number of carbonyl (C=O) groups excluding carboxylic acids is 1. The van der Waals surface area contributed by atoms with Crippen LogP contribution in [0.25, 0.3) is 0 Å². The van der Waals surface area contributed by atoms with E-state index in [1.807, 2.05) is 18.2 Å². The molecular weight excluding hydrogens is 252 g/mol. The normalized spacial score (nSPS) is 11.8. The minimum absolute atomic E-state index is 0.0465. The Morgan fingerprint density at radius 2 is 1.50 bits per heavy atom. The highest BCUT2D eigenvalue weighted by molar-refractivity contribution is 5.82. The quantitative estimate of drug-likeness (QED) is 0.424. The number of carbonyl (C=O) groups is 2. The molecule has 0 aliphatic carbocycles. The summed E-state index contributed by atoms with van der Waals surface area (Å²) in [6.45, 7) is 2.15. The molecule has 0 aromatic heterocycles. The molecule has 0 radical (unpaired) electrons. The van der Waals surface area contributed by atoms with Crippen molar-refractivity contribution in [2.45, 2.75) is 58.3 Å². The van der Waals surface area contributed by atoms with Crippen molar-refractivity contribution in [3.8, 4) is 0 Å². The van der Waals surface area contributed by atoms with E-state index < -0.39 is 5.97 Å². The molecule has 0 unspecified atom stereocenters. The van der Waals surface area contributed by atoms with Gasteiger partial charge >= 0.3 is 5.97 Å². The molecule has 0 rings (SSSR count). The maximum atomic E-state index is 11.3. The second-order valence-corrected chi connectivity index (χ2v) is 4.71. The van der Waals surface area contributed by atoms with Crippen molar-refractivity contribution in [3.05, 3.63) is 36.5 Å². The summed E-state index contributed by atoms with van der Waals surface area (Å²) in [6.07, 6.45) is 18.0. The zero-order chi connectivity index (χ0) is 15.1. The molecule has 1 N–H and O–H groups in total. The molecule has 0 amide bonds. The van der Waals surface area contributed by atoms with Crippen LogP contribution in [0.3, 0.4) is 0 Å². The minimum Gasteiger partial charge on any atom is -0.481 e. The van der Waals surface area contributed by atoms with Gasteiger partial charge in [-0.15, -0.1) is 0 Å². The van der Waals surface area contributed by atoms with Crippen LogP contribution in [0.15, 0.2) is 36.5 Å². The lowest BCUT2D eigenvalue weighted by Crippen LogP contribution is -2.02. The van der Waals surface area contributed by atoms with E-state index in [2.05, 4.69) is 25.2 Å². The Labute approximate surface area is 122 Å². The van der Waals surface area contributed by atoms with Crippen molar-refractivity contribution in [2.75, 3.05) is 0 Å². The van der Waals surface area contributed by atoms with E-state index in [9.17, 15) is 9.59 Å². The van der Waals surface area contributed by atoms with Crippen molar-refractivity contribution >= 4 is 11.8 Å². The van der Waals surface area contributed by atoms with E-state index in [1.165, 1.54) is 6.42 Å². The smallest absolute Gasteiger partial charge is 0.303 e. The average Bonchev–Trinajstić information content (AvgIpc) is 2.42. The van der Waals surface area contributed by atoms with Gasteiger partial charge < -0.3 is 5.11 Å². The predicted molar refractivity (Wildman–Crippen MR) is 82.7 cm³/mol. The van der Waals surface area contributed by atoms with Crippen LogP contribution in [0.5, 0.6) is 0 Å². The van der Waals surface area contributed by atoms with Crippen LogP contribution in [-0.2, 0) is 9.59 Å². The van der Waals surface area contributed by atoms with Crippen LogP contribution in [-0.4, -0.2) is 16.9 Å². The molecule has 0 heterocycles. The molecule has 0 bridgehead atoms. The molecule has 0 spiro atoms. The standard InChI is InChI=1S/C17H26O3/c1-2-3-4-5-6-7-8-9-10-11-12-13-16(18)14-15-17(19)20/h4-9H,2-3,10-15H2,1H3,(H,19,20)/b5-4+,7-6+,9-8-. The molecule has 0 aliphatic rings. The van der Waals surface area contributed by atoms with Gasteiger partial charge in [-0.05, 0) is 25.7 Å². The minimum atomic E-state index is -0.902. The number of hydrogen-bond acceptors (Lipinski definition) is 2. The zero-order valence-electron chi connectivity index (χ0n) is 12.4. The van der Waals surface area contributed by atoms with Gasteiger partial charge in [0.25, 0.3) is 0 Å². The summed E-state index contributed by atoms with van der Waals surface area (Å²) in [7, 11) is 0. The Hall–Kier alpha value is -1.64. The maximum Gasteiger partial charge on any atom is 0.303 e. The first-order chi connectivity index (χ1) is 9.66. The third kappa shape index (κ3) is 14.4. The number of aliphatic carboxylic acids is 1. The van der Waals surface area contributed by atoms with Gasteiger partial charge in [-0.2, -0.15) is 0 Å². The summed E-state index contributed by atoms with van der Waals surface area (Å²) in [6, 6.07) is 0. The van der Waals surface area contributed by atoms with Gasteiger partial charge in [-0.3, -0.25) is 9.59 Å². The molecule has 0 fully saturated rings. The Kier molecular flexibility index (Phi) is 12.7. The lowest BCUT2D eigenvalue weighted by Gasteiger charge is -1.97. The SMILES string of the molecule is CCC/C=C/C=C/C=C\CCCCC(=O)CCC(=O)O. The molecule has 112 valence electrons. The van der Waals surface area contributed by atoms with E-state index in [0.29, 0.717) is 6.42 Å². The molecule has 0 aromatic rings. The number of carboxylic acid groups (broad SMARTS) is 1. The molecule has 0 aliphatic heterocycles. The van der Waals surface area contributed by atoms with Gasteiger partial charge in [0.05, 0.1) is 6.42 Å². The van der Waals surface area contributed by atoms with Gasteiger partial charge in [0.15, 0.2) is 0 Å². The predicted octanol–water partition coefficient (Wildman–Crippen LogP) is 4.45. The number of rotatable bonds is 12. The summed E-state index contributed by atoms with van der Waals surface area (Å²) >= 11 is 0. The molecule has 0 aromatic carbocycles. The molecule has 0 saturated heterocycles. The average molecular weight is 278 g/mol. The van der Waals surface area contributed by atoms with Gasteiger partial charge in [0.2, 0.25) is 0 Å². The molecule has 20 heavy (non-hydrogen) atoms. The molecule has 3 heteroatoms. The second kappa shape index (κ2) is 13.8. The van der Waals surface area contributed by atoms with Crippen LogP contribution in [0.4, 0.5) is 0 Å². The third-order valence-corrected chi connectivity index (χ3v) is 2.75. The topological polar surface area (TPSA) is 54.4 Å². The Balaban J connectivity index is 3.47. The number of hydrogen-bond donors (Lipinski definition) is 1.